The molecule has 5 aromatic heterocycles. The average molecular weight is 477 g/mol. The summed E-state index contributed by atoms with van der Waals surface area (Å²) in [5.74, 6) is 1.04. The van der Waals surface area contributed by atoms with Crippen LogP contribution in [0.4, 0.5) is 16.4 Å². The summed E-state index contributed by atoms with van der Waals surface area (Å²) in [5.41, 5.74) is 5.83. The van der Waals surface area contributed by atoms with Crippen LogP contribution in [-0.2, 0) is 0 Å². The maximum Gasteiger partial charge on any atom is 0.326 e. The van der Waals surface area contributed by atoms with Gasteiger partial charge in [-0.25, -0.2) is 14.8 Å². The second kappa shape index (κ2) is 8.84. The number of carbonyl (C=O) groups excluding carboxylic acids is 1. The number of aromatic amines is 1. The molecule has 0 saturated heterocycles. The number of imidazole rings is 1. The molecule has 0 unspecified atom stereocenters. The second-order valence-electron chi connectivity index (χ2n) is 8.18. The summed E-state index contributed by atoms with van der Waals surface area (Å²) in [6.45, 7) is 1.94. The molecule has 0 saturated carbocycles. The van der Waals surface area contributed by atoms with Gasteiger partial charge < -0.3 is 14.8 Å². The van der Waals surface area contributed by atoms with Gasteiger partial charge in [-0.15, -0.1) is 0 Å². The molecule has 0 spiro atoms. The zero-order chi connectivity index (χ0) is 24.5. The van der Waals surface area contributed by atoms with Crippen molar-refractivity contribution in [2.75, 3.05) is 10.6 Å². The fraction of sp³-hybridized carbons (Fsp3) is 0.0385. The number of benzene rings is 1. The Balaban J connectivity index is 1.16. The van der Waals surface area contributed by atoms with Gasteiger partial charge in [0.05, 0.1) is 11.2 Å². The summed E-state index contributed by atoms with van der Waals surface area (Å²) in [7, 11) is 0. The number of aryl methyl sites for hydroxylation is 1. The van der Waals surface area contributed by atoms with Crippen molar-refractivity contribution in [2.24, 2.45) is 0 Å². The van der Waals surface area contributed by atoms with E-state index in [1.165, 1.54) is 0 Å². The topological polar surface area (TPSA) is 127 Å². The molecule has 0 fully saturated rings. The Morgan fingerprint density at radius 2 is 1.89 bits per heavy atom. The van der Waals surface area contributed by atoms with Crippen LogP contribution in [0.15, 0.2) is 90.2 Å². The summed E-state index contributed by atoms with van der Waals surface area (Å²) >= 11 is 0. The first-order valence-corrected chi connectivity index (χ1v) is 11.2. The number of pyridine rings is 2. The number of aromatic nitrogens is 6. The molecular weight excluding hydrogens is 456 g/mol. The molecule has 2 amide bonds. The molecule has 0 aliphatic heterocycles. The molecular formula is C26H20N8O2. The molecule has 6 aromatic rings. The predicted octanol–water partition coefficient (Wildman–Crippen LogP) is 5.42. The van der Waals surface area contributed by atoms with E-state index in [0.29, 0.717) is 11.4 Å². The minimum atomic E-state index is -0.436. The highest BCUT2D eigenvalue weighted by molar-refractivity contribution is 5.99. The van der Waals surface area contributed by atoms with Gasteiger partial charge in [0.1, 0.15) is 17.8 Å². The van der Waals surface area contributed by atoms with Gasteiger partial charge in [-0.05, 0) is 48.9 Å². The Kier molecular flexibility index (Phi) is 5.23. The van der Waals surface area contributed by atoms with Crippen molar-refractivity contribution < 1.29 is 9.32 Å². The monoisotopic (exact) mass is 476 g/mol. The van der Waals surface area contributed by atoms with Crippen molar-refractivity contribution in [1.29, 1.82) is 0 Å². The lowest BCUT2D eigenvalue weighted by atomic mass is 10.1. The number of nitrogens with zero attached hydrogens (tertiary/aromatic N) is 5. The second-order valence-corrected chi connectivity index (χ2v) is 8.18. The van der Waals surface area contributed by atoms with E-state index in [0.717, 1.165) is 39.2 Å². The summed E-state index contributed by atoms with van der Waals surface area (Å²) in [6.07, 6.45) is 8.82. The molecule has 6 rings (SSSR count). The van der Waals surface area contributed by atoms with Gasteiger partial charge in [-0.2, -0.15) is 0 Å². The lowest BCUT2D eigenvalue weighted by Gasteiger charge is -2.06. The van der Waals surface area contributed by atoms with Gasteiger partial charge in [0.25, 0.3) is 0 Å². The lowest BCUT2D eigenvalue weighted by molar-refractivity contribution is 0.261. The molecule has 176 valence electrons. The number of hydrogen-bond donors (Lipinski definition) is 3. The number of H-pyrrole nitrogens is 1. The van der Waals surface area contributed by atoms with Crippen LogP contribution in [0.5, 0.6) is 0 Å². The molecule has 0 bridgehead atoms. The molecule has 0 radical (unpaired) electrons. The Hall–Kier alpha value is -5.25. The Bertz CT molecular complexity index is 1670. The highest BCUT2D eigenvalue weighted by atomic mass is 16.5. The zero-order valence-electron chi connectivity index (χ0n) is 19.1. The number of anilines is 2. The first kappa shape index (κ1) is 21.3. The predicted molar refractivity (Wildman–Crippen MR) is 136 cm³/mol. The number of nitrogens with one attached hydrogen (secondary N) is 3. The van der Waals surface area contributed by atoms with E-state index in [9.17, 15) is 4.79 Å². The van der Waals surface area contributed by atoms with Gasteiger partial charge >= 0.3 is 6.03 Å². The SMILES string of the molecule is Cc1cn(-c2nccc3[nH]c(-c4ccc(NC(=O)Nc5cc(-c6cccnc6)no5)cc4)cc23)cn1. The number of amides is 2. The van der Waals surface area contributed by atoms with Crippen LogP contribution in [0, 0.1) is 6.92 Å². The van der Waals surface area contributed by atoms with Crippen LogP contribution in [0.2, 0.25) is 0 Å². The van der Waals surface area contributed by atoms with Crippen molar-refractivity contribution in [1.82, 2.24) is 29.7 Å². The van der Waals surface area contributed by atoms with Crippen molar-refractivity contribution in [3.8, 4) is 28.3 Å². The Morgan fingerprint density at radius 3 is 2.67 bits per heavy atom. The summed E-state index contributed by atoms with van der Waals surface area (Å²) < 4.78 is 7.12. The standard InChI is InChI=1S/C26H20N8O2/c1-16-14-34(15-29-16)25-20-11-22(31-21(20)8-10-28-25)17-4-6-19(7-5-17)30-26(35)32-24-12-23(33-36-24)18-3-2-9-27-13-18/h2-15,31H,1H3,(H2,30,32,35). The third-order valence-electron chi connectivity index (χ3n) is 5.64. The first-order valence-electron chi connectivity index (χ1n) is 11.2. The molecule has 0 aliphatic rings. The van der Waals surface area contributed by atoms with Crippen molar-refractivity contribution in [2.45, 2.75) is 6.92 Å². The summed E-state index contributed by atoms with van der Waals surface area (Å²) in [6, 6.07) is 16.4. The molecule has 3 N–H and O–H groups in total. The van der Waals surface area contributed by atoms with Crippen molar-refractivity contribution >= 4 is 28.5 Å². The molecule has 0 atom stereocenters. The largest absolute Gasteiger partial charge is 0.354 e. The Labute approximate surface area is 205 Å². The van der Waals surface area contributed by atoms with Crippen molar-refractivity contribution in [3.63, 3.8) is 0 Å². The first-order chi connectivity index (χ1) is 17.6. The molecule has 10 nitrogen and oxygen atoms in total. The molecule has 36 heavy (non-hydrogen) atoms. The third kappa shape index (κ3) is 4.18. The van der Waals surface area contributed by atoms with Crippen LogP contribution < -0.4 is 10.6 Å². The lowest BCUT2D eigenvalue weighted by Crippen LogP contribution is -2.18. The molecule has 5 heterocycles. The molecule has 10 heteroatoms. The Morgan fingerprint density at radius 1 is 1.00 bits per heavy atom. The van der Waals surface area contributed by atoms with Crippen LogP contribution >= 0.6 is 0 Å². The summed E-state index contributed by atoms with van der Waals surface area (Å²) in [5, 5.41) is 10.4. The highest BCUT2D eigenvalue weighted by Crippen LogP contribution is 2.28. The third-order valence-corrected chi connectivity index (χ3v) is 5.64. The van der Waals surface area contributed by atoms with Gasteiger partial charge in [0.15, 0.2) is 0 Å². The number of rotatable bonds is 5. The quantitative estimate of drug-likeness (QED) is 0.305. The smallest absolute Gasteiger partial charge is 0.326 e. The maximum atomic E-state index is 12.4. The van der Waals surface area contributed by atoms with E-state index >= 15 is 0 Å². The normalized spacial score (nSPS) is 11.0. The maximum absolute atomic E-state index is 12.4. The van der Waals surface area contributed by atoms with E-state index in [-0.39, 0.29) is 5.88 Å². The van der Waals surface area contributed by atoms with Gasteiger partial charge in [-0.3, -0.25) is 14.9 Å². The van der Waals surface area contributed by atoms with E-state index in [2.05, 4.69) is 41.8 Å². The van der Waals surface area contributed by atoms with Crippen LogP contribution in [-0.4, -0.2) is 35.7 Å². The average Bonchev–Trinajstić information content (AvgIpc) is 3.64. The van der Waals surface area contributed by atoms with Gasteiger partial charge in [0.2, 0.25) is 5.88 Å². The van der Waals surface area contributed by atoms with E-state index in [1.54, 1.807) is 37.1 Å². The minimum Gasteiger partial charge on any atom is -0.354 e. The molecule has 0 aliphatic carbocycles. The van der Waals surface area contributed by atoms with Crippen LogP contribution in [0.25, 0.3) is 39.2 Å². The number of hydrogen-bond acceptors (Lipinski definition) is 6. The van der Waals surface area contributed by atoms with Crippen molar-refractivity contribution in [3.05, 3.63) is 91.4 Å². The van der Waals surface area contributed by atoms with E-state index < -0.39 is 6.03 Å². The number of fused-ring (bicyclic) bond motifs is 1. The fourth-order valence-corrected chi connectivity index (χ4v) is 3.93. The fourth-order valence-electron chi connectivity index (χ4n) is 3.93. The molecule has 1 aromatic carbocycles. The van der Waals surface area contributed by atoms with Crippen LogP contribution in [0.3, 0.4) is 0 Å². The number of urea groups is 1. The zero-order valence-corrected chi connectivity index (χ0v) is 19.1. The van der Waals surface area contributed by atoms with Crippen LogP contribution in [0.1, 0.15) is 5.69 Å². The minimum absolute atomic E-state index is 0.235. The van der Waals surface area contributed by atoms with E-state index in [4.69, 9.17) is 4.52 Å². The summed E-state index contributed by atoms with van der Waals surface area (Å²) in [4.78, 5) is 28.8. The highest BCUT2D eigenvalue weighted by Gasteiger charge is 2.12. The van der Waals surface area contributed by atoms with E-state index in [1.807, 2.05) is 54.1 Å². The number of carbonyl (C=O) groups is 1. The van der Waals surface area contributed by atoms with Gasteiger partial charge in [0, 0.05) is 53.2 Å². The van der Waals surface area contributed by atoms with Gasteiger partial charge in [-0.1, -0.05) is 17.3 Å².